The van der Waals surface area contributed by atoms with E-state index in [4.69, 9.17) is 4.74 Å². The highest BCUT2D eigenvalue weighted by Crippen LogP contribution is 2.39. The van der Waals surface area contributed by atoms with Crippen LogP contribution < -0.4 is 10.1 Å². The first kappa shape index (κ1) is 20.9. The van der Waals surface area contributed by atoms with E-state index in [1.165, 1.54) is 23.5 Å². The smallest absolute Gasteiger partial charge is 0.224 e. The maximum absolute atomic E-state index is 14.1. The normalized spacial score (nSPS) is 13.0. The van der Waals surface area contributed by atoms with Gasteiger partial charge in [-0.3, -0.25) is 4.79 Å². The van der Waals surface area contributed by atoms with Crippen LogP contribution in [0.15, 0.2) is 59.4 Å². The topological polar surface area (TPSA) is 77.0 Å². The van der Waals surface area contributed by atoms with Gasteiger partial charge in [-0.2, -0.15) is 0 Å². The number of nitrogens with one attached hydrogen (secondary N) is 1. The van der Waals surface area contributed by atoms with Gasteiger partial charge in [-0.15, -0.1) is 32.9 Å². The lowest BCUT2D eigenvalue weighted by Crippen LogP contribution is -2.30. The van der Waals surface area contributed by atoms with Crippen LogP contribution in [0, 0.1) is 5.82 Å². The molecule has 6 rings (SSSR count). The monoisotopic (exact) mass is 488 g/mol. The molecule has 1 N–H and O–H groups in total. The molecule has 0 spiro atoms. The van der Waals surface area contributed by atoms with E-state index in [0.717, 1.165) is 37.5 Å². The molecule has 1 aliphatic heterocycles. The molecule has 1 aliphatic rings. The molecule has 9 heteroatoms. The molecule has 0 aliphatic carbocycles. The van der Waals surface area contributed by atoms with Gasteiger partial charge >= 0.3 is 0 Å². The van der Waals surface area contributed by atoms with Crippen molar-refractivity contribution in [3.8, 4) is 28.3 Å². The summed E-state index contributed by atoms with van der Waals surface area (Å²) in [4.78, 5) is 15.9. The summed E-state index contributed by atoms with van der Waals surface area (Å²) in [5.41, 5.74) is 5.16. The van der Waals surface area contributed by atoms with Crippen LogP contribution in [0.1, 0.15) is 16.1 Å². The van der Waals surface area contributed by atoms with Gasteiger partial charge < -0.3 is 10.1 Å². The summed E-state index contributed by atoms with van der Waals surface area (Å²) in [5, 5.41) is 17.7. The fraction of sp³-hybridized carbons (Fsp3) is 0.120. The molecular formula is C25H17FN4O2S2. The van der Waals surface area contributed by atoms with Crippen molar-refractivity contribution in [1.82, 2.24) is 20.5 Å². The summed E-state index contributed by atoms with van der Waals surface area (Å²) in [7, 11) is 0. The predicted octanol–water partition coefficient (Wildman–Crippen LogP) is 5.37. The molecule has 0 saturated carbocycles. The average molecular weight is 489 g/mol. The quantitative estimate of drug-likeness (QED) is 0.360. The van der Waals surface area contributed by atoms with Crippen LogP contribution in [0.3, 0.4) is 0 Å². The molecule has 0 unspecified atom stereocenters. The summed E-state index contributed by atoms with van der Waals surface area (Å²) in [5.74, 6) is 0.0549. The van der Waals surface area contributed by atoms with E-state index < -0.39 is 0 Å². The van der Waals surface area contributed by atoms with Crippen molar-refractivity contribution in [2.24, 2.45) is 0 Å². The zero-order valence-corrected chi connectivity index (χ0v) is 19.4. The number of carbonyl (C=O) groups is 1. The minimum Gasteiger partial charge on any atom is -0.486 e. The lowest BCUT2D eigenvalue weighted by molar-refractivity contribution is -0.121. The third kappa shape index (κ3) is 3.82. The van der Waals surface area contributed by atoms with Crippen LogP contribution in [0.5, 0.6) is 5.75 Å². The number of carbonyl (C=O) groups excluding carboxylic acids is 1. The molecule has 34 heavy (non-hydrogen) atoms. The Balaban J connectivity index is 1.41. The van der Waals surface area contributed by atoms with Crippen molar-refractivity contribution in [3.05, 3.63) is 81.4 Å². The third-order valence-corrected chi connectivity index (χ3v) is 7.40. The number of thiazole rings is 1. The summed E-state index contributed by atoms with van der Waals surface area (Å²) in [6, 6.07) is 12.5. The lowest BCUT2D eigenvalue weighted by Gasteiger charge is -2.17. The maximum atomic E-state index is 14.1. The number of aromatic nitrogens is 3. The van der Waals surface area contributed by atoms with Gasteiger partial charge in [0.1, 0.15) is 34.6 Å². The maximum Gasteiger partial charge on any atom is 0.224 e. The van der Waals surface area contributed by atoms with Crippen molar-refractivity contribution in [2.75, 3.05) is 0 Å². The van der Waals surface area contributed by atoms with Gasteiger partial charge in [0.05, 0.1) is 11.1 Å². The number of rotatable bonds is 5. The first-order valence-corrected chi connectivity index (χ1v) is 12.4. The van der Waals surface area contributed by atoms with Crippen LogP contribution >= 0.6 is 22.7 Å². The zero-order valence-electron chi connectivity index (χ0n) is 17.7. The second-order valence-electron chi connectivity index (χ2n) is 7.85. The van der Waals surface area contributed by atoms with Crippen molar-refractivity contribution < 1.29 is 13.9 Å². The van der Waals surface area contributed by atoms with E-state index >= 15 is 0 Å². The molecule has 3 aromatic heterocycles. The van der Waals surface area contributed by atoms with Crippen LogP contribution in [0.25, 0.3) is 32.6 Å². The van der Waals surface area contributed by atoms with Gasteiger partial charge in [0, 0.05) is 40.7 Å². The molecule has 0 fully saturated rings. The highest BCUT2D eigenvalue weighted by atomic mass is 32.1. The highest BCUT2D eigenvalue weighted by molar-refractivity contribution is 7.17. The number of ether oxygens (including phenoxy) is 1. The Hall–Kier alpha value is -3.69. The van der Waals surface area contributed by atoms with Crippen molar-refractivity contribution in [2.45, 2.75) is 19.6 Å². The van der Waals surface area contributed by atoms with Gasteiger partial charge in [0.25, 0.3) is 0 Å². The molecule has 4 heterocycles. The van der Waals surface area contributed by atoms with Gasteiger partial charge in [-0.05, 0) is 40.8 Å². The fourth-order valence-corrected chi connectivity index (χ4v) is 5.50. The van der Waals surface area contributed by atoms with Crippen LogP contribution in [0.4, 0.5) is 4.39 Å². The number of thiophene rings is 1. The Morgan fingerprint density at radius 2 is 1.91 bits per heavy atom. The first-order chi connectivity index (χ1) is 16.7. The Labute approximate surface area is 202 Å². The number of fused-ring (bicyclic) bond motifs is 2. The molecular weight excluding hydrogens is 471 g/mol. The SMILES string of the molecule is O=C1Cc2ccc(-c3nnc(-c4ccc(F)cc4OCc4nccs4)c4sccc34)cc2CN1. The zero-order chi connectivity index (χ0) is 23.1. The Bertz CT molecular complexity index is 1530. The van der Waals surface area contributed by atoms with Gasteiger partial charge in [-0.1, -0.05) is 12.1 Å². The largest absolute Gasteiger partial charge is 0.486 e. The van der Waals surface area contributed by atoms with Crippen LogP contribution in [-0.2, 0) is 24.4 Å². The van der Waals surface area contributed by atoms with E-state index in [1.54, 1.807) is 23.6 Å². The van der Waals surface area contributed by atoms with E-state index in [1.807, 2.05) is 29.0 Å². The van der Waals surface area contributed by atoms with E-state index in [-0.39, 0.29) is 18.3 Å². The highest BCUT2D eigenvalue weighted by Gasteiger charge is 2.20. The van der Waals surface area contributed by atoms with E-state index in [2.05, 4.69) is 26.6 Å². The lowest BCUT2D eigenvalue weighted by atomic mass is 9.96. The number of halogens is 1. The molecule has 0 atom stereocenters. The van der Waals surface area contributed by atoms with E-state index in [9.17, 15) is 9.18 Å². The minimum absolute atomic E-state index is 0.0387. The van der Waals surface area contributed by atoms with Crippen molar-refractivity contribution in [1.29, 1.82) is 0 Å². The Morgan fingerprint density at radius 1 is 1.00 bits per heavy atom. The van der Waals surface area contributed by atoms with Crippen LogP contribution in [-0.4, -0.2) is 21.1 Å². The molecule has 0 radical (unpaired) electrons. The molecule has 6 nitrogen and oxygen atoms in total. The summed E-state index contributed by atoms with van der Waals surface area (Å²) in [6.07, 6.45) is 2.10. The summed E-state index contributed by atoms with van der Waals surface area (Å²) in [6.45, 7) is 0.758. The molecule has 168 valence electrons. The number of amides is 1. The molecule has 0 bridgehead atoms. The molecule has 5 aromatic rings. The van der Waals surface area contributed by atoms with Gasteiger partial charge in [0.2, 0.25) is 5.91 Å². The number of nitrogens with zero attached hydrogens (tertiary/aromatic N) is 3. The first-order valence-electron chi connectivity index (χ1n) is 10.6. The van der Waals surface area contributed by atoms with E-state index in [0.29, 0.717) is 30.0 Å². The number of benzene rings is 2. The summed E-state index contributed by atoms with van der Waals surface area (Å²) >= 11 is 3.04. The van der Waals surface area contributed by atoms with Crippen molar-refractivity contribution >= 4 is 38.7 Å². The second-order valence-corrected chi connectivity index (χ2v) is 9.75. The Kier molecular flexibility index (Phi) is 5.27. The Morgan fingerprint density at radius 3 is 2.79 bits per heavy atom. The molecule has 1 amide bonds. The van der Waals surface area contributed by atoms with Crippen LogP contribution in [0.2, 0.25) is 0 Å². The minimum atomic E-state index is -0.383. The third-order valence-electron chi connectivity index (χ3n) is 5.73. The molecule has 2 aromatic carbocycles. The van der Waals surface area contributed by atoms with Crippen molar-refractivity contribution in [3.63, 3.8) is 0 Å². The number of hydrogen-bond acceptors (Lipinski definition) is 7. The average Bonchev–Trinajstić information content (AvgIpc) is 3.55. The predicted molar refractivity (Wildman–Crippen MR) is 130 cm³/mol. The fourth-order valence-electron chi connectivity index (χ4n) is 4.08. The number of hydrogen-bond donors (Lipinski definition) is 1. The van der Waals surface area contributed by atoms with Gasteiger partial charge in [-0.25, -0.2) is 9.37 Å². The second kappa shape index (κ2) is 8.58. The summed E-state index contributed by atoms with van der Waals surface area (Å²) < 4.78 is 21.0. The van der Waals surface area contributed by atoms with Gasteiger partial charge in [0.15, 0.2) is 0 Å². The molecule has 0 saturated heterocycles. The standard InChI is InChI=1S/C25H17FN4O2S2/c26-17-3-4-18(20(11-17)32-13-22-27-6-8-33-22)24-25-19(5-7-34-25)23(29-30-24)15-2-1-14-10-21(31)28-12-16(14)9-15/h1-9,11H,10,12-13H2,(H,28,31).